The number of nitrogens with zero attached hydrogens (tertiary/aromatic N) is 4. The van der Waals surface area contributed by atoms with Crippen molar-refractivity contribution >= 4 is 0 Å². The average Bonchev–Trinajstić information content (AvgIpc) is 3.34. The quantitative estimate of drug-likeness (QED) is 0.827. The van der Waals surface area contributed by atoms with Gasteiger partial charge in [-0.05, 0) is 38.0 Å². The van der Waals surface area contributed by atoms with E-state index in [9.17, 15) is 0 Å². The van der Waals surface area contributed by atoms with E-state index < -0.39 is 0 Å². The molecule has 1 aromatic heterocycles. The molecule has 2 fully saturated rings. The average molecular weight is 306 g/mol. The van der Waals surface area contributed by atoms with E-state index >= 15 is 0 Å². The predicted molar refractivity (Wildman–Crippen MR) is 81.3 cm³/mol. The summed E-state index contributed by atoms with van der Waals surface area (Å²) in [6.45, 7) is 6.39. The van der Waals surface area contributed by atoms with Crippen molar-refractivity contribution in [2.24, 2.45) is 5.92 Å². The molecule has 0 N–H and O–H groups in total. The smallest absolute Gasteiger partial charge is 0.113 e. The summed E-state index contributed by atoms with van der Waals surface area (Å²) in [5.74, 6) is 0.799. The van der Waals surface area contributed by atoms with E-state index in [1.54, 1.807) is 0 Å². The summed E-state index contributed by atoms with van der Waals surface area (Å²) < 4.78 is 13.4. The molecule has 6 nitrogen and oxygen atoms in total. The minimum absolute atomic E-state index is 0.619. The van der Waals surface area contributed by atoms with Gasteiger partial charge in [0.1, 0.15) is 5.69 Å². The molecule has 0 amide bonds. The summed E-state index contributed by atoms with van der Waals surface area (Å²) in [7, 11) is 0. The molecular formula is C16H26N4O2. The maximum atomic E-state index is 5.84. The molecule has 0 spiro atoms. The van der Waals surface area contributed by atoms with Crippen molar-refractivity contribution in [1.29, 1.82) is 0 Å². The van der Waals surface area contributed by atoms with Crippen LogP contribution in [0.5, 0.6) is 0 Å². The van der Waals surface area contributed by atoms with E-state index in [0.717, 1.165) is 70.3 Å². The molecule has 1 saturated carbocycles. The van der Waals surface area contributed by atoms with Gasteiger partial charge in [-0.2, -0.15) is 0 Å². The number of aryl methyl sites for hydroxylation is 1. The molecule has 0 bridgehead atoms. The number of hydrogen-bond donors (Lipinski definition) is 0. The molecule has 1 saturated heterocycles. The number of ether oxygens (including phenoxy) is 2. The Morgan fingerprint density at radius 1 is 1.14 bits per heavy atom. The van der Waals surface area contributed by atoms with Crippen molar-refractivity contribution in [2.75, 3.05) is 26.4 Å². The predicted octanol–water partition coefficient (Wildman–Crippen LogP) is 1.59. The van der Waals surface area contributed by atoms with Crippen LogP contribution in [0.25, 0.3) is 0 Å². The molecule has 22 heavy (non-hydrogen) atoms. The van der Waals surface area contributed by atoms with Crippen LogP contribution in [0.2, 0.25) is 0 Å². The van der Waals surface area contributed by atoms with Crippen LogP contribution in [0.15, 0.2) is 0 Å². The van der Waals surface area contributed by atoms with Gasteiger partial charge < -0.3 is 9.47 Å². The topological polar surface area (TPSA) is 52.4 Å². The second-order valence-electron chi connectivity index (χ2n) is 6.83. The number of hydrogen-bond acceptors (Lipinski definition) is 5. The fourth-order valence-electron chi connectivity index (χ4n) is 3.50. The van der Waals surface area contributed by atoms with Gasteiger partial charge in [-0.1, -0.05) is 5.21 Å². The molecule has 0 aromatic carbocycles. The van der Waals surface area contributed by atoms with Crippen LogP contribution in [-0.2, 0) is 29.2 Å². The van der Waals surface area contributed by atoms with Crippen molar-refractivity contribution < 1.29 is 9.47 Å². The Kier molecular flexibility index (Phi) is 4.41. The fourth-order valence-corrected chi connectivity index (χ4v) is 3.50. The van der Waals surface area contributed by atoms with Crippen molar-refractivity contribution in [2.45, 2.75) is 57.8 Å². The minimum Gasteiger partial charge on any atom is -0.381 e. The van der Waals surface area contributed by atoms with Crippen LogP contribution in [0.3, 0.4) is 0 Å². The fraction of sp³-hybridized carbons (Fsp3) is 0.875. The monoisotopic (exact) mass is 306 g/mol. The lowest BCUT2D eigenvalue weighted by molar-refractivity contribution is 0.0311. The van der Waals surface area contributed by atoms with E-state index in [2.05, 4.69) is 19.9 Å². The lowest BCUT2D eigenvalue weighted by Gasteiger charge is -2.33. The van der Waals surface area contributed by atoms with Crippen LogP contribution in [0.1, 0.15) is 43.5 Å². The Bertz CT molecular complexity index is 494. The van der Waals surface area contributed by atoms with Crippen LogP contribution in [0, 0.1) is 5.92 Å². The maximum Gasteiger partial charge on any atom is 0.113 e. The molecule has 1 aliphatic carbocycles. The van der Waals surface area contributed by atoms with Crippen molar-refractivity contribution in [3.63, 3.8) is 0 Å². The molecule has 0 atom stereocenters. The van der Waals surface area contributed by atoms with Crippen molar-refractivity contribution in [3.05, 3.63) is 11.4 Å². The first-order valence-electron chi connectivity index (χ1n) is 8.71. The van der Waals surface area contributed by atoms with Crippen LogP contribution < -0.4 is 0 Å². The third-order valence-corrected chi connectivity index (χ3v) is 5.08. The van der Waals surface area contributed by atoms with Gasteiger partial charge in [-0.25, -0.2) is 4.68 Å². The van der Waals surface area contributed by atoms with Gasteiger partial charge in [0, 0.05) is 45.5 Å². The van der Waals surface area contributed by atoms with E-state index in [-0.39, 0.29) is 0 Å². The highest BCUT2D eigenvalue weighted by Crippen LogP contribution is 2.29. The Morgan fingerprint density at radius 2 is 2.00 bits per heavy atom. The highest BCUT2D eigenvalue weighted by molar-refractivity contribution is 5.10. The number of fused-ring (bicyclic) bond motifs is 1. The lowest BCUT2D eigenvalue weighted by Crippen LogP contribution is -2.39. The van der Waals surface area contributed by atoms with Crippen molar-refractivity contribution in [3.8, 4) is 0 Å². The zero-order chi connectivity index (χ0) is 14.8. The van der Waals surface area contributed by atoms with Gasteiger partial charge in [0.25, 0.3) is 0 Å². The first-order valence-corrected chi connectivity index (χ1v) is 8.71. The van der Waals surface area contributed by atoms with E-state index in [0.29, 0.717) is 12.6 Å². The summed E-state index contributed by atoms with van der Waals surface area (Å²) in [5, 5.41) is 8.72. The van der Waals surface area contributed by atoms with Gasteiger partial charge in [0.15, 0.2) is 0 Å². The highest BCUT2D eigenvalue weighted by atomic mass is 16.5. The Labute approximate surface area is 131 Å². The molecule has 0 radical (unpaired) electrons. The van der Waals surface area contributed by atoms with Crippen LogP contribution in [0.4, 0.5) is 0 Å². The largest absolute Gasteiger partial charge is 0.381 e. The Balaban J connectivity index is 1.42. The Morgan fingerprint density at radius 3 is 2.82 bits per heavy atom. The van der Waals surface area contributed by atoms with E-state index in [1.165, 1.54) is 18.5 Å². The SMILES string of the molecule is C1CN(C2CCOCC2)Cc2c(COCC3CC3)nnn2C1. The lowest BCUT2D eigenvalue weighted by atomic mass is 10.1. The van der Waals surface area contributed by atoms with E-state index in [1.807, 2.05) is 0 Å². The second-order valence-corrected chi connectivity index (χ2v) is 6.83. The summed E-state index contributed by atoms with van der Waals surface area (Å²) >= 11 is 0. The molecule has 0 unspecified atom stereocenters. The summed E-state index contributed by atoms with van der Waals surface area (Å²) in [6.07, 6.45) is 6.11. The van der Waals surface area contributed by atoms with Crippen LogP contribution >= 0.6 is 0 Å². The van der Waals surface area contributed by atoms with Gasteiger partial charge in [0.2, 0.25) is 0 Å². The molecular weight excluding hydrogens is 280 g/mol. The molecule has 3 heterocycles. The first-order chi connectivity index (χ1) is 10.9. The third-order valence-electron chi connectivity index (χ3n) is 5.08. The zero-order valence-corrected chi connectivity index (χ0v) is 13.2. The van der Waals surface area contributed by atoms with Gasteiger partial charge in [0.05, 0.1) is 12.3 Å². The molecule has 122 valence electrons. The summed E-state index contributed by atoms with van der Waals surface area (Å²) in [6, 6.07) is 0.649. The van der Waals surface area contributed by atoms with E-state index in [4.69, 9.17) is 9.47 Å². The maximum absolute atomic E-state index is 5.84. The molecule has 3 aliphatic rings. The van der Waals surface area contributed by atoms with Crippen LogP contribution in [-0.4, -0.2) is 52.3 Å². The summed E-state index contributed by atoms with van der Waals surface area (Å²) in [4.78, 5) is 2.61. The molecule has 4 rings (SSSR count). The minimum atomic E-state index is 0.619. The van der Waals surface area contributed by atoms with Gasteiger partial charge in [-0.3, -0.25) is 4.90 Å². The molecule has 1 aromatic rings. The molecule has 6 heteroatoms. The first kappa shape index (κ1) is 14.6. The van der Waals surface area contributed by atoms with Crippen molar-refractivity contribution in [1.82, 2.24) is 19.9 Å². The summed E-state index contributed by atoms with van der Waals surface area (Å²) in [5.41, 5.74) is 2.30. The zero-order valence-electron chi connectivity index (χ0n) is 13.2. The Hall–Kier alpha value is -0.980. The normalized spacial score (nSPS) is 24.2. The van der Waals surface area contributed by atoms with Gasteiger partial charge in [-0.15, -0.1) is 5.10 Å². The standard InChI is InChI=1S/C16H26N4O2/c1-6-19(14-4-8-21-9-5-14)10-16-15(17-18-20(16)7-1)12-22-11-13-2-3-13/h13-14H,1-12H2. The number of rotatable bonds is 5. The number of aromatic nitrogens is 3. The third kappa shape index (κ3) is 3.34. The molecule has 2 aliphatic heterocycles. The highest BCUT2D eigenvalue weighted by Gasteiger charge is 2.27. The second kappa shape index (κ2) is 6.64. The van der Waals surface area contributed by atoms with Gasteiger partial charge >= 0.3 is 0 Å².